The van der Waals surface area contributed by atoms with Crippen LogP contribution in [0.25, 0.3) is 0 Å². The number of rotatable bonds is 0. The number of hydrogen-bond acceptors (Lipinski definition) is 0. The van der Waals surface area contributed by atoms with Gasteiger partial charge in [-0.3, -0.25) is 0 Å². The van der Waals surface area contributed by atoms with E-state index in [0.717, 1.165) is 0 Å². The predicted octanol–water partition coefficient (Wildman–Crippen LogP) is 1.89. The summed E-state index contributed by atoms with van der Waals surface area (Å²) < 4.78 is 0.458. The van der Waals surface area contributed by atoms with Crippen molar-refractivity contribution in [3.63, 3.8) is 0 Å². The smallest absolute Gasteiger partial charge is 0.140 e. The maximum atomic E-state index is 3.19. The van der Waals surface area contributed by atoms with Crippen LogP contribution in [0.1, 0.15) is 0 Å². The Morgan fingerprint density at radius 2 is 1.50 bits per heavy atom. The van der Waals surface area contributed by atoms with Gasteiger partial charge < -0.3 is 0 Å². The molecule has 24 valence electrons. The highest BCUT2D eigenvalue weighted by molar-refractivity contribution is 9.49. The molecule has 0 saturated carbocycles. The highest BCUT2D eigenvalue weighted by Gasteiger charge is 1.84. The lowest BCUT2D eigenvalue weighted by molar-refractivity contribution is 2.37. The van der Waals surface area contributed by atoms with Crippen LogP contribution in [0.4, 0.5) is 0 Å². The van der Waals surface area contributed by atoms with Crippen molar-refractivity contribution in [2.75, 3.05) is 0 Å². The van der Waals surface area contributed by atoms with E-state index < -0.39 is 0 Å². The van der Waals surface area contributed by atoms with Crippen molar-refractivity contribution >= 4 is 35.9 Å². The van der Waals surface area contributed by atoms with Gasteiger partial charge in [-0.2, -0.15) is 0 Å². The van der Waals surface area contributed by atoms with Crippen molar-refractivity contribution in [3.8, 4) is 0 Å². The zero-order chi connectivity index (χ0) is 3.58. The van der Waals surface area contributed by atoms with E-state index in [1.54, 1.807) is 0 Å². The van der Waals surface area contributed by atoms with E-state index in [-0.39, 0.29) is 0 Å². The number of hydrogen-bond donors (Lipinski definition) is 0. The van der Waals surface area contributed by atoms with E-state index in [0.29, 0.717) is 4.36 Å². The SMILES string of the molecule is CB(Br)Br. The van der Waals surface area contributed by atoms with Gasteiger partial charge >= 0.3 is 0 Å². The van der Waals surface area contributed by atoms with Gasteiger partial charge in [0.2, 0.25) is 0 Å². The monoisotopic (exact) mass is 184 g/mol. The topological polar surface area (TPSA) is 0 Å². The van der Waals surface area contributed by atoms with E-state index in [2.05, 4.69) is 31.5 Å². The van der Waals surface area contributed by atoms with E-state index >= 15 is 0 Å². The third kappa shape index (κ3) is 11.8. The average Bonchev–Trinajstić information content (AvgIpc) is 0.811. The molecule has 0 aliphatic rings. The normalized spacial score (nSPS) is 6.75. The van der Waals surface area contributed by atoms with Crippen molar-refractivity contribution in [2.24, 2.45) is 0 Å². The van der Waals surface area contributed by atoms with Crippen molar-refractivity contribution in [2.45, 2.75) is 6.82 Å². The second-order valence-electron chi connectivity index (χ2n) is 0.519. The van der Waals surface area contributed by atoms with Crippen LogP contribution in [0.2, 0.25) is 6.82 Å². The summed E-state index contributed by atoms with van der Waals surface area (Å²) in [5.74, 6) is 0. The third-order valence-electron chi connectivity index (χ3n) is 0. The molecule has 0 N–H and O–H groups in total. The van der Waals surface area contributed by atoms with Crippen LogP contribution in [0.15, 0.2) is 0 Å². The third-order valence-corrected chi connectivity index (χ3v) is 0. The van der Waals surface area contributed by atoms with Gasteiger partial charge in [-0.05, 0) is 0 Å². The van der Waals surface area contributed by atoms with E-state index in [4.69, 9.17) is 0 Å². The van der Waals surface area contributed by atoms with Crippen LogP contribution in [0.3, 0.4) is 0 Å². The summed E-state index contributed by atoms with van der Waals surface area (Å²) in [6, 6.07) is 0. The first-order valence-electron chi connectivity index (χ1n) is 1.01. The first-order valence-corrected chi connectivity index (χ1v) is 2.85. The highest BCUT2D eigenvalue weighted by atomic mass is 79.9. The van der Waals surface area contributed by atoms with Gasteiger partial charge in [-0.15, -0.1) is 31.5 Å². The van der Waals surface area contributed by atoms with Crippen LogP contribution in [0, 0.1) is 0 Å². The lowest BCUT2D eigenvalue weighted by Crippen LogP contribution is -1.69. The Labute approximate surface area is 43.0 Å². The summed E-state index contributed by atoms with van der Waals surface area (Å²) in [5, 5.41) is 0. The van der Waals surface area contributed by atoms with Crippen LogP contribution < -0.4 is 0 Å². The molecule has 4 heavy (non-hydrogen) atoms. The lowest BCUT2D eigenvalue weighted by Gasteiger charge is -1.65. The molecule has 3 heteroatoms. The van der Waals surface area contributed by atoms with Crippen LogP contribution in [-0.4, -0.2) is 4.36 Å². The van der Waals surface area contributed by atoms with Crippen molar-refractivity contribution < 1.29 is 0 Å². The minimum absolute atomic E-state index is 0.458. The van der Waals surface area contributed by atoms with Gasteiger partial charge in [0.25, 0.3) is 4.36 Å². The molecule has 0 aromatic carbocycles. The summed E-state index contributed by atoms with van der Waals surface area (Å²) in [4.78, 5) is 0. The van der Waals surface area contributed by atoms with E-state index in [9.17, 15) is 0 Å². The molecule has 0 amide bonds. The summed E-state index contributed by atoms with van der Waals surface area (Å²) in [5.41, 5.74) is 0. The van der Waals surface area contributed by atoms with Gasteiger partial charge in [0.05, 0.1) is 0 Å². The molecule has 0 radical (unpaired) electrons. The Kier molecular flexibility index (Phi) is 2.86. The molecular formula is CH3BBr2. The largest absolute Gasteiger partial charge is 0.295 e. The van der Waals surface area contributed by atoms with Crippen LogP contribution in [-0.2, 0) is 0 Å². The number of halogens is 2. The molecule has 0 rings (SSSR count). The molecule has 0 aliphatic carbocycles. The quantitative estimate of drug-likeness (QED) is 0.506. The van der Waals surface area contributed by atoms with Crippen molar-refractivity contribution in [3.05, 3.63) is 0 Å². The van der Waals surface area contributed by atoms with Gasteiger partial charge in [0.1, 0.15) is 0 Å². The van der Waals surface area contributed by atoms with Crippen molar-refractivity contribution in [1.82, 2.24) is 0 Å². The Bertz CT molecular complexity index is 10.8. The molecule has 0 aromatic heterocycles. The Morgan fingerprint density at radius 3 is 1.50 bits per heavy atom. The Balaban J connectivity index is 2.32. The maximum absolute atomic E-state index is 3.19. The van der Waals surface area contributed by atoms with Crippen LogP contribution in [0.5, 0.6) is 0 Å². The summed E-state index contributed by atoms with van der Waals surface area (Å²) in [6.07, 6.45) is 0. The average molecular weight is 186 g/mol. The summed E-state index contributed by atoms with van der Waals surface area (Å²) in [6.45, 7) is 2.00. The molecule has 0 bridgehead atoms. The standard InChI is InChI=1S/CH3BBr2/c1-2(3)4/h1H3. The summed E-state index contributed by atoms with van der Waals surface area (Å²) >= 11 is 6.38. The zero-order valence-electron chi connectivity index (χ0n) is 2.33. The fourth-order valence-corrected chi connectivity index (χ4v) is 0. The molecule has 0 fully saturated rings. The van der Waals surface area contributed by atoms with Crippen LogP contribution >= 0.6 is 31.5 Å². The minimum atomic E-state index is 0.458. The van der Waals surface area contributed by atoms with Gasteiger partial charge in [-0.25, -0.2) is 0 Å². The minimum Gasteiger partial charge on any atom is -0.140 e. The fourth-order valence-electron chi connectivity index (χ4n) is 0. The lowest BCUT2D eigenvalue weighted by atomic mass is 10.2. The van der Waals surface area contributed by atoms with Gasteiger partial charge in [0, 0.05) is 0 Å². The van der Waals surface area contributed by atoms with Gasteiger partial charge in [0.15, 0.2) is 0 Å². The maximum Gasteiger partial charge on any atom is 0.295 e. The highest BCUT2D eigenvalue weighted by Crippen LogP contribution is 1.97. The zero-order valence-corrected chi connectivity index (χ0v) is 5.51. The molecule has 0 heterocycles. The molecule has 0 saturated heterocycles. The first kappa shape index (κ1) is 5.02. The molecule has 0 atom stereocenters. The first-order chi connectivity index (χ1) is 1.73. The van der Waals surface area contributed by atoms with E-state index in [1.807, 2.05) is 6.82 Å². The molecule has 0 aromatic rings. The van der Waals surface area contributed by atoms with Gasteiger partial charge in [-0.1, -0.05) is 6.82 Å². The Morgan fingerprint density at radius 1 is 1.50 bits per heavy atom. The Hall–Kier alpha value is 1.02. The van der Waals surface area contributed by atoms with Crippen molar-refractivity contribution in [1.29, 1.82) is 0 Å². The molecule has 0 nitrogen and oxygen atoms in total. The molecule has 0 spiro atoms. The second-order valence-corrected chi connectivity index (χ2v) is 4.49. The molecule has 0 aliphatic heterocycles. The summed E-state index contributed by atoms with van der Waals surface area (Å²) in [7, 11) is 0. The fraction of sp³-hybridized carbons (Fsp3) is 1.00. The second kappa shape index (κ2) is 2.27. The molecular weight excluding hydrogens is 183 g/mol. The van der Waals surface area contributed by atoms with E-state index in [1.165, 1.54) is 0 Å². The predicted molar refractivity (Wildman–Crippen MR) is 29.5 cm³/mol. The molecule has 0 unspecified atom stereocenters.